The van der Waals surface area contributed by atoms with Crippen molar-refractivity contribution in [1.82, 2.24) is 9.55 Å². The molecule has 3 nitrogen and oxygen atoms in total. The summed E-state index contributed by atoms with van der Waals surface area (Å²) in [5, 5.41) is 1.02. The number of hydrogen-bond acceptors (Lipinski definition) is 2. The van der Waals surface area contributed by atoms with Gasteiger partial charge in [-0.3, -0.25) is 4.57 Å². The molecule has 0 bridgehead atoms. The zero-order chi connectivity index (χ0) is 12.1. The molecular formula is C11H16Br2N2O. The van der Waals surface area contributed by atoms with Crippen molar-refractivity contribution >= 4 is 31.9 Å². The van der Waals surface area contributed by atoms with Gasteiger partial charge in [0.1, 0.15) is 0 Å². The standard InChI is InChI=1S/C11H16Br2N2O/c1-8-10(13)9(2)15(11(16)14-8)7-5-3-4-6-12/h3-7H2,1-2H3. The largest absolute Gasteiger partial charge is 0.348 e. The van der Waals surface area contributed by atoms with Gasteiger partial charge in [-0.2, -0.15) is 4.98 Å². The van der Waals surface area contributed by atoms with Gasteiger partial charge in [0.15, 0.2) is 0 Å². The fourth-order valence-corrected chi connectivity index (χ4v) is 2.28. The number of nitrogens with zero attached hydrogens (tertiary/aromatic N) is 2. The van der Waals surface area contributed by atoms with Crippen LogP contribution in [0.2, 0.25) is 0 Å². The van der Waals surface area contributed by atoms with Gasteiger partial charge in [-0.15, -0.1) is 0 Å². The van der Waals surface area contributed by atoms with E-state index in [9.17, 15) is 4.79 Å². The summed E-state index contributed by atoms with van der Waals surface area (Å²) in [5.41, 5.74) is 1.59. The number of hydrogen-bond donors (Lipinski definition) is 0. The van der Waals surface area contributed by atoms with E-state index in [2.05, 4.69) is 36.8 Å². The molecule has 1 rings (SSSR count). The van der Waals surface area contributed by atoms with E-state index in [1.807, 2.05) is 13.8 Å². The fraction of sp³-hybridized carbons (Fsp3) is 0.636. The highest BCUT2D eigenvalue weighted by Gasteiger charge is 2.08. The molecular weight excluding hydrogens is 336 g/mol. The topological polar surface area (TPSA) is 34.9 Å². The summed E-state index contributed by atoms with van der Waals surface area (Å²) in [5.74, 6) is 0. The number of aromatic nitrogens is 2. The van der Waals surface area contributed by atoms with E-state index in [1.165, 1.54) is 0 Å². The summed E-state index contributed by atoms with van der Waals surface area (Å²) < 4.78 is 2.68. The van der Waals surface area contributed by atoms with Crippen molar-refractivity contribution < 1.29 is 0 Å². The summed E-state index contributed by atoms with van der Waals surface area (Å²) in [6.45, 7) is 4.54. The quantitative estimate of drug-likeness (QED) is 0.603. The summed E-state index contributed by atoms with van der Waals surface area (Å²) in [6.07, 6.45) is 3.29. The second-order valence-corrected chi connectivity index (χ2v) is 5.37. The molecule has 0 fully saturated rings. The van der Waals surface area contributed by atoms with E-state index in [4.69, 9.17) is 0 Å². The van der Waals surface area contributed by atoms with Crippen molar-refractivity contribution in [2.75, 3.05) is 5.33 Å². The van der Waals surface area contributed by atoms with Crippen LogP contribution >= 0.6 is 31.9 Å². The van der Waals surface area contributed by atoms with Crippen LogP contribution in [0.4, 0.5) is 0 Å². The summed E-state index contributed by atoms with van der Waals surface area (Å²) in [4.78, 5) is 15.7. The smallest absolute Gasteiger partial charge is 0.295 e. The lowest BCUT2D eigenvalue weighted by molar-refractivity contribution is 0.562. The number of aryl methyl sites for hydroxylation is 1. The van der Waals surface area contributed by atoms with Crippen LogP contribution in [-0.4, -0.2) is 14.9 Å². The van der Waals surface area contributed by atoms with Crippen molar-refractivity contribution in [1.29, 1.82) is 0 Å². The van der Waals surface area contributed by atoms with Crippen LogP contribution in [0.3, 0.4) is 0 Å². The third kappa shape index (κ3) is 3.42. The first-order valence-corrected chi connectivity index (χ1v) is 7.29. The summed E-state index contributed by atoms with van der Waals surface area (Å²) in [7, 11) is 0. The highest BCUT2D eigenvalue weighted by atomic mass is 79.9. The van der Waals surface area contributed by atoms with E-state index >= 15 is 0 Å². The van der Waals surface area contributed by atoms with Gasteiger partial charge in [0.25, 0.3) is 0 Å². The average Bonchev–Trinajstić information content (AvgIpc) is 2.25. The molecule has 1 aromatic heterocycles. The maximum atomic E-state index is 11.7. The van der Waals surface area contributed by atoms with Crippen LogP contribution in [-0.2, 0) is 6.54 Å². The molecule has 0 N–H and O–H groups in total. The SMILES string of the molecule is Cc1nc(=O)n(CCCCCBr)c(C)c1Br. The molecule has 0 saturated heterocycles. The average molecular weight is 352 g/mol. The Morgan fingerprint density at radius 2 is 1.94 bits per heavy atom. The molecule has 0 amide bonds. The molecule has 1 aromatic rings. The summed E-state index contributed by atoms with van der Waals surface area (Å²) in [6, 6.07) is 0. The molecule has 0 saturated carbocycles. The minimum Gasteiger partial charge on any atom is -0.295 e. The molecule has 0 aliphatic heterocycles. The Morgan fingerprint density at radius 3 is 2.56 bits per heavy atom. The van der Waals surface area contributed by atoms with Gasteiger partial charge >= 0.3 is 5.69 Å². The lowest BCUT2D eigenvalue weighted by Gasteiger charge is -2.11. The molecule has 0 spiro atoms. The first kappa shape index (κ1) is 13.9. The first-order chi connectivity index (χ1) is 7.57. The molecule has 1 heterocycles. The molecule has 0 aliphatic carbocycles. The molecule has 16 heavy (non-hydrogen) atoms. The Hall–Kier alpha value is -0.160. The van der Waals surface area contributed by atoms with Crippen LogP contribution < -0.4 is 5.69 Å². The molecule has 90 valence electrons. The Bertz CT molecular complexity index is 415. The van der Waals surface area contributed by atoms with Gasteiger partial charge in [-0.05, 0) is 42.6 Å². The van der Waals surface area contributed by atoms with E-state index in [0.717, 1.165) is 47.0 Å². The van der Waals surface area contributed by atoms with Gasteiger partial charge in [0.2, 0.25) is 0 Å². The van der Waals surface area contributed by atoms with Crippen molar-refractivity contribution in [3.05, 3.63) is 26.3 Å². The highest BCUT2D eigenvalue weighted by Crippen LogP contribution is 2.17. The third-order valence-corrected chi connectivity index (χ3v) is 4.26. The molecule has 0 aromatic carbocycles. The van der Waals surface area contributed by atoms with Crippen LogP contribution in [0.1, 0.15) is 30.7 Å². The monoisotopic (exact) mass is 350 g/mol. The first-order valence-electron chi connectivity index (χ1n) is 5.37. The predicted molar refractivity (Wildman–Crippen MR) is 73.3 cm³/mol. The normalized spacial score (nSPS) is 10.8. The van der Waals surface area contributed by atoms with Crippen LogP contribution in [0.15, 0.2) is 9.27 Å². The van der Waals surface area contributed by atoms with Gasteiger partial charge in [-0.1, -0.05) is 22.4 Å². The molecule has 0 atom stereocenters. The van der Waals surface area contributed by atoms with Crippen molar-refractivity contribution in [2.24, 2.45) is 0 Å². The Labute approximate surface area is 113 Å². The Balaban J connectivity index is 2.80. The van der Waals surface area contributed by atoms with Crippen LogP contribution in [0.5, 0.6) is 0 Å². The Morgan fingerprint density at radius 1 is 1.25 bits per heavy atom. The maximum Gasteiger partial charge on any atom is 0.348 e. The number of halogens is 2. The minimum absolute atomic E-state index is 0.142. The van der Waals surface area contributed by atoms with E-state index in [0.29, 0.717) is 0 Å². The molecule has 0 radical (unpaired) electrons. The maximum absolute atomic E-state index is 11.7. The number of unbranched alkanes of at least 4 members (excludes halogenated alkanes) is 2. The van der Waals surface area contributed by atoms with Crippen molar-refractivity contribution in [3.63, 3.8) is 0 Å². The van der Waals surface area contributed by atoms with Crippen molar-refractivity contribution in [2.45, 2.75) is 39.7 Å². The van der Waals surface area contributed by atoms with E-state index in [-0.39, 0.29) is 5.69 Å². The Kier molecular flexibility index (Phi) is 5.69. The second kappa shape index (κ2) is 6.55. The lowest BCUT2D eigenvalue weighted by Crippen LogP contribution is -2.26. The fourth-order valence-electron chi connectivity index (χ4n) is 1.58. The van der Waals surface area contributed by atoms with E-state index < -0.39 is 0 Å². The predicted octanol–water partition coefficient (Wildman–Crippen LogP) is 3.19. The lowest BCUT2D eigenvalue weighted by atomic mass is 10.2. The van der Waals surface area contributed by atoms with Crippen LogP contribution in [0.25, 0.3) is 0 Å². The minimum atomic E-state index is -0.142. The number of alkyl halides is 1. The van der Waals surface area contributed by atoms with Crippen molar-refractivity contribution in [3.8, 4) is 0 Å². The number of rotatable bonds is 5. The molecule has 5 heteroatoms. The van der Waals surface area contributed by atoms with E-state index in [1.54, 1.807) is 4.57 Å². The van der Waals surface area contributed by atoms with Gasteiger partial charge in [0.05, 0.1) is 10.2 Å². The van der Waals surface area contributed by atoms with Crippen LogP contribution in [0, 0.1) is 13.8 Å². The summed E-state index contributed by atoms with van der Waals surface area (Å²) >= 11 is 6.85. The zero-order valence-corrected chi connectivity index (χ0v) is 12.8. The third-order valence-electron chi connectivity index (χ3n) is 2.55. The second-order valence-electron chi connectivity index (χ2n) is 3.78. The zero-order valence-electron chi connectivity index (χ0n) is 9.59. The van der Waals surface area contributed by atoms with Gasteiger partial charge in [0, 0.05) is 17.6 Å². The van der Waals surface area contributed by atoms with Gasteiger partial charge in [-0.25, -0.2) is 4.79 Å². The highest BCUT2D eigenvalue weighted by molar-refractivity contribution is 9.10. The molecule has 0 aliphatic rings. The van der Waals surface area contributed by atoms with Gasteiger partial charge < -0.3 is 0 Å². The molecule has 0 unspecified atom stereocenters.